The second-order valence-electron chi connectivity index (χ2n) is 5.15. The summed E-state index contributed by atoms with van der Waals surface area (Å²) in [4.78, 5) is 0. The van der Waals surface area contributed by atoms with Gasteiger partial charge in [0.05, 0.1) is 12.7 Å². The molecule has 1 aromatic rings. The molecule has 3 nitrogen and oxygen atoms in total. The van der Waals surface area contributed by atoms with Crippen molar-refractivity contribution in [2.24, 2.45) is 0 Å². The third-order valence-corrected chi connectivity index (χ3v) is 3.54. The first-order valence-corrected chi connectivity index (χ1v) is 7.34. The fourth-order valence-electron chi connectivity index (χ4n) is 2.34. The van der Waals surface area contributed by atoms with E-state index in [0.717, 1.165) is 39.2 Å². The van der Waals surface area contributed by atoms with Crippen molar-refractivity contribution in [2.75, 3.05) is 26.4 Å². The van der Waals surface area contributed by atoms with Gasteiger partial charge < -0.3 is 14.8 Å². The van der Waals surface area contributed by atoms with Crippen LogP contribution >= 0.6 is 0 Å². The minimum Gasteiger partial charge on any atom is -0.379 e. The van der Waals surface area contributed by atoms with Crippen molar-refractivity contribution in [3.63, 3.8) is 0 Å². The van der Waals surface area contributed by atoms with Gasteiger partial charge in [-0.1, -0.05) is 30.3 Å². The Morgan fingerprint density at radius 3 is 2.95 bits per heavy atom. The topological polar surface area (TPSA) is 30.5 Å². The van der Waals surface area contributed by atoms with Gasteiger partial charge in [0, 0.05) is 19.3 Å². The molecule has 1 N–H and O–H groups in total. The van der Waals surface area contributed by atoms with Gasteiger partial charge in [-0.3, -0.25) is 0 Å². The van der Waals surface area contributed by atoms with Gasteiger partial charge in [-0.2, -0.15) is 0 Å². The van der Waals surface area contributed by atoms with Crippen LogP contribution in [0.25, 0.3) is 0 Å². The number of hydrogen-bond acceptors (Lipinski definition) is 3. The molecule has 1 heterocycles. The molecule has 0 spiro atoms. The smallest absolute Gasteiger partial charge is 0.0809 e. The summed E-state index contributed by atoms with van der Waals surface area (Å²) in [7, 11) is 0. The van der Waals surface area contributed by atoms with Gasteiger partial charge in [-0.25, -0.2) is 0 Å². The van der Waals surface area contributed by atoms with Gasteiger partial charge in [-0.15, -0.1) is 0 Å². The Labute approximate surface area is 116 Å². The maximum atomic E-state index is 5.64. The van der Waals surface area contributed by atoms with E-state index in [1.807, 2.05) is 0 Å². The first-order chi connectivity index (χ1) is 9.36. The van der Waals surface area contributed by atoms with Gasteiger partial charge in [0.15, 0.2) is 0 Å². The van der Waals surface area contributed by atoms with E-state index in [2.05, 4.69) is 42.6 Å². The summed E-state index contributed by atoms with van der Waals surface area (Å²) in [5, 5.41) is 3.52. The Morgan fingerprint density at radius 1 is 1.37 bits per heavy atom. The molecule has 0 aliphatic carbocycles. The lowest BCUT2D eigenvalue weighted by Crippen LogP contribution is -2.22. The predicted octanol–water partition coefficient (Wildman–Crippen LogP) is 2.92. The van der Waals surface area contributed by atoms with E-state index in [1.54, 1.807) is 0 Å². The van der Waals surface area contributed by atoms with E-state index in [-0.39, 0.29) is 0 Å². The Hall–Kier alpha value is -0.900. The predicted molar refractivity (Wildman–Crippen MR) is 77.3 cm³/mol. The maximum Gasteiger partial charge on any atom is 0.0809 e. The quantitative estimate of drug-likeness (QED) is 0.732. The van der Waals surface area contributed by atoms with E-state index in [1.165, 1.54) is 12.0 Å². The summed E-state index contributed by atoms with van der Waals surface area (Å²) in [6, 6.07) is 10.9. The lowest BCUT2D eigenvalue weighted by Gasteiger charge is -2.14. The van der Waals surface area contributed by atoms with Crippen LogP contribution in [0.3, 0.4) is 0 Å². The second kappa shape index (κ2) is 8.31. The molecule has 0 saturated carbocycles. The molecule has 1 aliphatic heterocycles. The number of hydrogen-bond donors (Lipinski definition) is 1. The molecule has 2 rings (SSSR count). The van der Waals surface area contributed by atoms with E-state index in [4.69, 9.17) is 9.47 Å². The van der Waals surface area contributed by atoms with E-state index in [0.29, 0.717) is 12.1 Å². The molecule has 1 saturated heterocycles. The standard InChI is InChI=1S/C16H25NO2/c1-14(15-7-3-2-4-8-15)17-10-6-11-18-13-16-9-5-12-19-16/h2-4,7-8,14,16-17H,5-6,9-13H2,1H3. The van der Waals surface area contributed by atoms with E-state index >= 15 is 0 Å². The molecular formula is C16H25NO2. The molecule has 1 aromatic carbocycles. The molecule has 1 fully saturated rings. The number of rotatable bonds is 8. The zero-order valence-electron chi connectivity index (χ0n) is 11.8. The molecule has 1 aliphatic rings. The summed E-state index contributed by atoms with van der Waals surface area (Å²) in [6.45, 7) is 5.66. The van der Waals surface area contributed by atoms with Crippen molar-refractivity contribution < 1.29 is 9.47 Å². The molecule has 0 radical (unpaired) electrons. The summed E-state index contributed by atoms with van der Waals surface area (Å²) >= 11 is 0. The van der Waals surface area contributed by atoms with Crippen molar-refractivity contribution in [3.05, 3.63) is 35.9 Å². The Balaban J connectivity index is 1.49. The van der Waals surface area contributed by atoms with Crippen LogP contribution in [0.5, 0.6) is 0 Å². The van der Waals surface area contributed by atoms with Gasteiger partial charge >= 0.3 is 0 Å². The minimum atomic E-state index is 0.344. The third kappa shape index (κ3) is 5.31. The third-order valence-electron chi connectivity index (χ3n) is 3.54. The molecule has 106 valence electrons. The highest BCUT2D eigenvalue weighted by atomic mass is 16.5. The van der Waals surface area contributed by atoms with Crippen LogP contribution in [0.4, 0.5) is 0 Å². The van der Waals surface area contributed by atoms with Crippen LogP contribution in [0.2, 0.25) is 0 Å². The van der Waals surface area contributed by atoms with Crippen LogP contribution in [-0.2, 0) is 9.47 Å². The number of benzene rings is 1. The molecule has 0 amide bonds. The van der Waals surface area contributed by atoms with E-state index in [9.17, 15) is 0 Å². The van der Waals surface area contributed by atoms with Crippen molar-refractivity contribution in [2.45, 2.75) is 38.3 Å². The molecule has 0 bridgehead atoms. The van der Waals surface area contributed by atoms with Gasteiger partial charge in [-0.05, 0) is 38.3 Å². The van der Waals surface area contributed by atoms with Gasteiger partial charge in [0.1, 0.15) is 0 Å². The normalized spacial score (nSPS) is 20.6. The van der Waals surface area contributed by atoms with Crippen molar-refractivity contribution >= 4 is 0 Å². The lowest BCUT2D eigenvalue weighted by atomic mass is 10.1. The second-order valence-corrected chi connectivity index (χ2v) is 5.15. The summed E-state index contributed by atoms with van der Waals surface area (Å²) < 4.78 is 11.2. The summed E-state index contributed by atoms with van der Waals surface area (Å²) in [6.07, 6.45) is 3.73. The van der Waals surface area contributed by atoms with Crippen LogP contribution < -0.4 is 5.32 Å². The van der Waals surface area contributed by atoms with Gasteiger partial charge in [0.25, 0.3) is 0 Å². The summed E-state index contributed by atoms with van der Waals surface area (Å²) in [5.41, 5.74) is 1.34. The Morgan fingerprint density at radius 2 is 2.21 bits per heavy atom. The zero-order valence-corrected chi connectivity index (χ0v) is 11.8. The number of nitrogens with one attached hydrogen (secondary N) is 1. The lowest BCUT2D eigenvalue weighted by molar-refractivity contribution is 0.0165. The Kier molecular flexibility index (Phi) is 6.34. The van der Waals surface area contributed by atoms with Crippen LogP contribution in [0.15, 0.2) is 30.3 Å². The minimum absolute atomic E-state index is 0.344. The number of ether oxygens (including phenoxy) is 2. The SMILES string of the molecule is CC(NCCCOCC1CCCO1)c1ccccc1. The Bertz CT molecular complexity index is 336. The molecule has 0 aromatic heterocycles. The fraction of sp³-hybridized carbons (Fsp3) is 0.625. The van der Waals surface area contributed by atoms with Crippen LogP contribution in [-0.4, -0.2) is 32.5 Å². The summed E-state index contributed by atoms with van der Waals surface area (Å²) in [5.74, 6) is 0. The fourth-order valence-corrected chi connectivity index (χ4v) is 2.34. The maximum absolute atomic E-state index is 5.64. The first-order valence-electron chi connectivity index (χ1n) is 7.34. The monoisotopic (exact) mass is 263 g/mol. The highest BCUT2D eigenvalue weighted by molar-refractivity contribution is 5.17. The highest BCUT2D eigenvalue weighted by Gasteiger charge is 2.14. The van der Waals surface area contributed by atoms with E-state index < -0.39 is 0 Å². The van der Waals surface area contributed by atoms with Crippen LogP contribution in [0.1, 0.15) is 37.8 Å². The van der Waals surface area contributed by atoms with Crippen molar-refractivity contribution in [3.8, 4) is 0 Å². The highest BCUT2D eigenvalue weighted by Crippen LogP contribution is 2.12. The molecule has 2 atom stereocenters. The molecule has 19 heavy (non-hydrogen) atoms. The van der Waals surface area contributed by atoms with Gasteiger partial charge in [0.2, 0.25) is 0 Å². The average molecular weight is 263 g/mol. The molecule has 3 heteroatoms. The molecular weight excluding hydrogens is 238 g/mol. The van der Waals surface area contributed by atoms with Crippen molar-refractivity contribution in [1.82, 2.24) is 5.32 Å². The average Bonchev–Trinajstić information content (AvgIpc) is 2.96. The van der Waals surface area contributed by atoms with Crippen molar-refractivity contribution in [1.29, 1.82) is 0 Å². The zero-order chi connectivity index (χ0) is 13.3. The molecule has 2 unspecified atom stereocenters. The first kappa shape index (κ1) is 14.5. The largest absolute Gasteiger partial charge is 0.379 e. The van der Waals surface area contributed by atoms with Crippen LogP contribution in [0, 0.1) is 0 Å².